The number of nitrogens with one attached hydrogen (secondary N) is 1. The van der Waals surface area contributed by atoms with Crippen LogP contribution in [0.2, 0.25) is 0 Å². The van der Waals surface area contributed by atoms with Gasteiger partial charge in [-0.05, 0) is 69.8 Å². The van der Waals surface area contributed by atoms with Crippen LogP contribution in [-0.4, -0.2) is 61.0 Å². The van der Waals surface area contributed by atoms with Crippen molar-refractivity contribution in [3.63, 3.8) is 0 Å². The van der Waals surface area contributed by atoms with Gasteiger partial charge >= 0.3 is 6.09 Å². The van der Waals surface area contributed by atoms with Crippen LogP contribution in [0.25, 0.3) is 0 Å². The van der Waals surface area contributed by atoms with Gasteiger partial charge in [0.05, 0.1) is 24.9 Å². The first-order valence-electron chi connectivity index (χ1n) is 11.7. The number of piperidine rings is 1. The Morgan fingerprint density at radius 2 is 1.91 bits per heavy atom. The van der Waals surface area contributed by atoms with E-state index in [4.69, 9.17) is 14.6 Å². The first-order valence-corrected chi connectivity index (χ1v) is 11.7. The normalized spacial score (nSPS) is 17.7. The van der Waals surface area contributed by atoms with E-state index in [0.29, 0.717) is 11.3 Å². The molecule has 1 spiro atoms. The summed E-state index contributed by atoms with van der Waals surface area (Å²) in [5.41, 5.74) is -0.0986. The zero-order chi connectivity index (χ0) is 24.0. The molecule has 1 aromatic carbocycles. The van der Waals surface area contributed by atoms with Gasteiger partial charge in [0.15, 0.2) is 11.6 Å². The number of ether oxygens (including phenoxy) is 2. The van der Waals surface area contributed by atoms with Gasteiger partial charge in [0, 0.05) is 25.7 Å². The fourth-order valence-corrected chi connectivity index (χ4v) is 4.85. The number of nitrogens with zero attached hydrogens (tertiary/aromatic N) is 1. The molecule has 0 unspecified atom stereocenters. The Bertz CT molecular complexity index is 832. The molecule has 2 fully saturated rings. The third-order valence-electron chi connectivity index (χ3n) is 6.54. The average molecular weight is 469 g/mol. The Balaban J connectivity index is 1.36. The third kappa shape index (κ3) is 6.56. The molecule has 0 atom stereocenters. The first-order chi connectivity index (χ1) is 15.7. The van der Waals surface area contributed by atoms with Crippen molar-refractivity contribution in [2.24, 2.45) is 11.3 Å². The minimum Gasteiger partial charge on any atom is -0.490 e. The van der Waals surface area contributed by atoms with Crippen LogP contribution < -0.4 is 10.1 Å². The molecule has 2 amide bonds. The largest absolute Gasteiger partial charge is 0.490 e. The highest BCUT2D eigenvalue weighted by Crippen LogP contribution is 2.54. The van der Waals surface area contributed by atoms with Gasteiger partial charge in [-0.1, -0.05) is 0 Å². The summed E-state index contributed by atoms with van der Waals surface area (Å²) in [6, 6.07) is 1.70. The maximum atomic E-state index is 14.2. The molecule has 2 aliphatic rings. The molecular weight excluding hydrogens is 434 g/mol. The predicted molar refractivity (Wildman–Crippen MR) is 118 cm³/mol. The lowest BCUT2D eigenvalue weighted by atomic mass is 9.56. The van der Waals surface area contributed by atoms with E-state index in [1.54, 1.807) is 4.90 Å². The van der Waals surface area contributed by atoms with Crippen LogP contribution in [0.1, 0.15) is 62.7 Å². The van der Waals surface area contributed by atoms with Gasteiger partial charge in [0.2, 0.25) is 0 Å². The number of amides is 2. The van der Waals surface area contributed by atoms with E-state index in [9.17, 15) is 18.4 Å². The lowest BCUT2D eigenvalue weighted by Crippen LogP contribution is -2.49. The van der Waals surface area contributed by atoms with E-state index in [1.807, 2.05) is 13.8 Å². The van der Waals surface area contributed by atoms with Crippen molar-refractivity contribution in [3.8, 4) is 5.75 Å². The number of benzene rings is 1. The number of rotatable bonds is 9. The van der Waals surface area contributed by atoms with Crippen LogP contribution in [0.4, 0.5) is 13.6 Å². The molecule has 1 aliphatic heterocycles. The summed E-state index contributed by atoms with van der Waals surface area (Å²) in [6.45, 7) is 5.12. The molecular formula is C24H34F2N2O5. The number of carbonyl (C=O) groups excluding carboxylic acids is 2. The molecule has 1 aliphatic carbocycles. The molecule has 33 heavy (non-hydrogen) atoms. The van der Waals surface area contributed by atoms with Crippen LogP contribution in [-0.2, 0) is 4.74 Å². The number of carbonyl (C=O) groups is 2. The van der Waals surface area contributed by atoms with Gasteiger partial charge in [0.1, 0.15) is 5.82 Å². The maximum absolute atomic E-state index is 14.2. The lowest BCUT2D eigenvalue weighted by molar-refractivity contribution is -0.0204. The molecule has 1 saturated carbocycles. The summed E-state index contributed by atoms with van der Waals surface area (Å²) >= 11 is 0. The summed E-state index contributed by atoms with van der Waals surface area (Å²) < 4.78 is 39.1. The molecule has 0 bridgehead atoms. The van der Waals surface area contributed by atoms with Crippen molar-refractivity contribution >= 4 is 12.0 Å². The summed E-state index contributed by atoms with van der Waals surface area (Å²) in [5.74, 6) is -2.07. The van der Waals surface area contributed by atoms with Crippen molar-refractivity contribution in [2.75, 3.05) is 32.8 Å². The number of aliphatic hydroxyl groups is 1. The molecule has 3 rings (SSSR count). The van der Waals surface area contributed by atoms with Crippen LogP contribution in [0.15, 0.2) is 12.1 Å². The number of hydrogen-bond donors (Lipinski definition) is 2. The fraction of sp³-hybridized carbons (Fsp3) is 0.667. The van der Waals surface area contributed by atoms with Gasteiger partial charge in [0.25, 0.3) is 5.91 Å². The second kappa shape index (κ2) is 11.1. The van der Waals surface area contributed by atoms with Gasteiger partial charge in [-0.2, -0.15) is 0 Å². The van der Waals surface area contributed by atoms with Gasteiger partial charge in [-0.15, -0.1) is 0 Å². The van der Waals surface area contributed by atoms with Gasteiger partial charge < -0.3 is 24.8 Å². The summed E-state index contributed by atoms with van der Waals surface area (Å²) in [5, 5.41) is 11.0. The number of likely N-dealkylation sites (tertiary alicyclic amines) is 1. The van der Waals surface area contributed by atoms with Crippen molar-refractivity contribution in [1.29, 1.82) is 0 Å². The SMILES string of the molecule is CC(C)OC(=O)N1CCC2(CC1)CC(CCCOc1cc(F)c(C(=O)NCCO)cc1F)C2. The molecule has 9 heteroatoms. The molecule has 0 radical (unpaired) electrons. The van der Waals surface area contributed by atoms with Crippen molar-refractivity contribution in [3.05, 3.63) is 29.3 Å². The third-order valence-corrected chi connectivity index (χ3v) is 6.54. The molecule has 184 valence electrons. The average Bonchev–Trinajstić information content (AvgIpc) is 2.75. The van der Waals surface area contributed by atoms with Crippen LogP contribution in [0.3, 0.4) is 0 Å². The number of hydrogen-bond acceptors (Lipinski definition) is 5. The smallest absolute Gasteiger partial charge is 0.410 e. The van der Waals surface area contributed by atoms with Crippen LogP contribution in [0, 0.1) is 23.0 Å². The molecule has 7 nitrogen and oxygen atoms in total. The van der Waals surface area contributed by atoms with E-state index in [2.05, 4.69) is 5.32 Å². The van der Waals surface area contributed by atoms with E-state index in [1.165, 1.54) is 0 Å². The van der Waals surface area contributed by atoms with Crippen LogP contribution in [0.5, 0.6) is 5.75 Å². The summed E-state index contributed by atoms with van der Waals surface area (Å²) in [4.78, 5) is 25.6. The summed E-state index contributed by atoms with van der Waals surface area (Å²) in [7, 11) is 0. The second-order valence-corrected chi connectivity index (χ2v) is 9.43. The molecule has 1 heterocycles. The highest BCUT2D eigenvalue weighted by Gasteiger charge is 2.46. The van der Waals surface area contributed by atoms with E-state index in [-0.39, 0.29) is 37.7 Å². The number of aliphatic hydroxyl groups excluding tert-OH is 1. The minimum absolute atomic E-state index is 0.0382. The van der Waals surface area contributed by atoms with Crippen LogP contribution >= 0.6 is 0 Å². The van der Waals surface area contributed by atoms with Crippen molar-refractivity contribution < 1.29 is 33.0 Å². The standard InChI is InChI=1S/C24H34F2N2O5/c1-16(2)33-23(31)28-8-5-24(6-9-28)14-17(15-24)4-3-11-32-21-13-19(25)18(12-20(21)26)22(30)27-7-10-29/h12-13,16-17,29H,3-11,14-15H2,1-2H3,(H,27,30). The van der Waals surface area contributed by atoms with Crippen molar-refractivity contribution in [2.45, 2.75) is 58.5 Å². The van der Waals surface area contributed by atoms with Gasteiger partial charge in [-0.25, -0.2) is 13.6 Å². The number of halogens is 2. The predicted octanol–water partition coefficient (Wildman–Crippen LogP) is 3.88. The van der Waals surface area contributed by atoms with E-state index >= 15 is 0 Å². The van der Waals surface area contributed by atoms with Crippen molar-refractivity contribution in [1.82, 2.24) is 10.2 Å². The highest BCUT2D eigenvalue weighted by atomic mass is 19.1. The molecule has 0 aromatic heterocycles. The summed E-state index contributed by atoms with van der Waals surface area (Å²) in [6.07, 6.45) is 5.59. The zero-order valence-corrected chi connectivity index (χ0v) is 19.4. The first kappa shape index (κ1) is 25.2. The zero-order valence-electron chi connectivity index (χ0n) is 19.4. The Morgan fingerprint density at radius 3 is 2.55 bits per heavy atom. The maximum Gasteiger partial charge on any atom is 0.410 e. The Hall–Kier alpha value is -2.42. The Labute approximate surface area is 193 Å². The molecule has 2 N–H and O–H groups in total. The van der Waals surface area contributed by atoms with E-state index < -0.39 is 23.1 Å². The minimum atomic E-state index is -0.869. The quantitative estimate of drug-likeness (QED) is 0.537. The van der Waals surface area contributed by atoms with Gasteiger partial charge in [-0.3, -0.25) is 4.79 Å². The topological polar surface area (TPSA) is 88.1 Å². The Morgan fingerprint density at radius 1 is 1.21 bits per heavy atom. The molecule has 1 saturated heterocycles. The molecule has 1 aromatic rings. The lowest BCUT2D eigenvalue weighted by Gasteiger charge is -2.52. The Kier molecular flexibility index (Phi) is 8.51. The monoisotopic (exact) mass is 468 g/mol. The second-order valence-electron chi connectivity index (χ2n) is 9.43. The fourth-order valence-electron chi connectivity index (χ4n) is 4.85. The highest BCUT2D eigenvalue weighted by molar-refractivity contribution is 5.94. The van der Waals surface area contributed by atoms with E-state index in [0.717, 1.165) is 63.7 Å².